The van der Waals surface area contributed by atoms with E-state index in [9.17, 15) is 28.1 Å². The van der Waals surface area contributed by atoms with E-state index in [0.717, 1.165) is 36.4 Å². The summed E-state index contributed by atoms with van der Waals surface area (Å²) in [6, 6.07) is 5.90. The number of hydrogen-bond acceptors (Lipinski definition) is 5. The zero-order valence-electron chi connectivity index (χ0n) is 14.3. The maximum absolute atomic E-state index is 12.6. The van der Waals surface area contributed by atoms with Crippen molar-refractivity contribution in [3.63, 3.8) is 0 Å². The van der Waals surface area contributed by atoms with E-state index in [0.29, 0.717) is 0 Å². The number of carbonyl (C=O) groups excluding carboxylic acids is 1. The first kappa shape index (κ1) is 20.0. The first-order chi connectivity index (χ1) is 12.7. The number of anilines is 1. The maximum Gasteiger partial charge on any atom is 0.416 e. The molecule has 0 bridgehead atoms. The molecule has 1 amide bonds. The first-order valence-corrected chi connectivity index (χ1v) is 7.65. The number of rotatable bonds is 6. The number of nitro benzene ring substituents is 1. The Morgan fingerprint density at radius 3 is 2.30 bits per heavy atom. The fourth-order valence-electron chi connectivity index (χ4n) is 2.25. The number of halogens is 3. The molecule has 0 radical (unpaired) electrons. The summed E-state index contributed by atoms with van der Waals surface area (Å²) in [5, 5.41) is 13.6. The number of nitro groups is 1. The predicted octanol–water partition coefficient (Wildman–Crippen LogP) is 4.27. The second-order valence-corrected chi connectivity index (χ2v) is 5.24. The molecule has 0 fully saturated rings. The van der Waals surface area contributed by atoms with Crippen molar-refractivity contribution in [3.8, 4) is 11.5 Å². The Labute approximate surface area is 151 Å². The molecular weight excluding hydrogens is 369 g/mol. The molecule has 2 rings (SSSR count). The van der Waals surface area contributed by atoms with Gasteiger partial charge in [-0.25, -0.2) is 0 Å². The summed E-state index contributed by atoms with van der Waals surface area (Å²) < 4.78 is 48.1. The third-order valence-corrected chi connectivity index (χ3v) is 3.49. The summed E-state index contributed by atoms with van der Waals surface area (Å²) in [5.41, 5.74) is -1.67. The van der Waals surface area contributed by atoms with Gasteiger partial charge in [0, 0.05) is 11.8 Å². The van der Waals surface area contributed by atoms with Crippen LogP contribution in [0.2, 0.25) is 0 Å². The Balaban J connectivity index is 2.35. The van der Waals surface area contributed by atoms with Crippen LogP contribution in [0.4, 0.5) is 24.5 Å². The van der Waals surface area contributed by atoms with Crippen LogP contribution in [-0.2, 0) is 6.18 Å². The average Bonchev–Trinajstić information content (AvgIpc) is 2.61. The summed E-state index contributed by atoms with van der Waals surface area (Å²) in [6.45, 7) is 1.90. The number of alkyl halides is 3. The highest BCUT2D eigenvalue weighted by Gasteiger charge is 2.30. The number of carbonyl (C=O) groups is 1. The molecule has 2 aromatic rings. The van der Waals surface area contributed by atoms with Gasteiger partial charge in [0.1, 0.15) is 5.56 Å². The van der Waals surface area contributed by atoms with E-state index in [1.165, 1.54) is 7.11 Å². The molecule has 0 atom stereocenters. The van der Waals surface area contributed by atoms with Gasteiger partial charge in [-0.3, -0.25) is 14.9 Å². The van der Waals surface area contributed by atoms with Gasteiger partial charge in [0.05, 0.1) is 30.3 Å². The lowest BCUT2D eigenvalue weighted by Crippen LogP contribution is -2.15. The van der Waals surface area contributed by atoms with Crippen LogP contribution < -0.4 is 14.8 Å². The van der Waals surface area contributed by atoms with Gasteiger partial charge in [0.15, 0.2) is 11.5 Å². The minimum Gasteiger partial charge on any atom is -0.493 e. The van der Waals surface area contributed by atoms with Crippen molar-refractivity contribution >= 4 is 17.3 Å². The Kier molecular flexibility index (Phi) is 5.88. The standard InChI is InChI=1S/C17H15F3N2O5/c1-3-27-15-9-13(22(24)25)12(8-14(15)26-2)16(23)21-11-6-4-10(5-7-11)17(18,19)20/h4-9H,3H2,1-2H3,(H,21,23). The van der Waals surface area contributed by atoms with Crippen LogP contribution in [-0.4, -0.2) is 24.5 Å². The number of amides is 1. The summed E-state index contributed by atoms with van der Waals surface area (Å²) >= 11 is 0. The van der Waals surface area contributed by atoms with Gasteiger partial charge in [-0.15, -0.1) is 0 Å². The molecule has 10 heteroatoms. The normalized spacial score (nSPS) is 11.0. The van der Waals surface area contributed by atoms with E-state index in [1.807, 2.05) is 0 Å². The topological polar surface area (TPSA) is 90.7 Å². The monoisotopic (exact) mass is 384 g/mol. The van der Waals surface area contributed by atoms with Crippen LogP contribution >= 0.6 is 0 Å². The molecule has 0 heterocycles. The third-order valence-electron chi connectivity index (χ3n) is 3.49. The molecule has 7 nitrogen and oxygen atoms in total. The van der Waals surface area contributed by atoms with Crippen molar-refractivity contribution in [1.29, 1.82) is 0 Å². The highest BCUT2D eigenvalue weighted by atomic mass is 19.4. The first-order valence-electron chi connectivity index (χ1n) is 7.65. The number of nitrogens with one attached hydrogen (secondary N) is 1. The summed E-state index contributed by atoms with van der Waals surface area (Å²) in [4.78, 5) is 23.0. The number of methoxy groups -OCH3 is 1. The zero-order valence-corrected chi connectivity index (χ0v) is 14.3. The molecular formula is C17H15F3N2O5. The summed E-state index contributed by atoms with van der Waals surface area (Å²) in [6.07, 6.45) is -4.51. The van der Waals surface area contributed by atoms with Crippen molar-refractivity contribution in [2.24, 2.45) is 0 Å². The van der Waals surface area contributed by atoms with Crippen LogP contribution in [0, 0.1) is 10.1 Å². The lowest BCUT2D eigenvalue weighted by molar-refractivity contribution is -0.385. The lowest BCUT2D eigenvalue weighted by Gasteiger charge is -2.12. The van der Waals surface area contributed by atoms with Crippen molar-refractivity contribution in [1.82, 2.24) is 0 Å². The third kappa shape index (κ3) is 4.66. The van der Waals surface area contributed by atoms with Crippen LogP contribution in [0.1, 0.15) is 22.8 Å². The molecule has 0 unspecified atom stereocenters. The summed E-state index contributed by atoms with van der Waals surface area (Å²) in [5.74, 6) is -0.666. The van der Waals surface area contributed by atoms with E-state index in [2.05, 4.69) is 5.32 Å². The molecule has 1 N–H and O–H groups in total. The molecule has 27 heavy (non-hydrogen) atoms. The minimum absolute atomic E-state index is 0.0511. The predicted molar refractivity (Wildman–Crippen MR) is 90.2 cm³/mol. The van der Waals surface area contributed by atoms with Gasteiger partial charge in [0.25, 0.3) is 11.6 Å². The van der Waals surface area contributed by atoms with Gasteiger partial charge in [-0.1, -0.05) is 0 Å². The number of hydrogen-bond donors (Lipinski definition) is 1. The number of benzene rings is 2. The van der Waals surface area contributed by atoms with E-state index in [1.54, 1.807) is 6.92 Å². The van der Waals surface area contributed by atoms with Crippen LogP contribution in [0.5, 0.6) is 11.5 Å². The molecule has 0 aliphatic rings. The molecule has 0 aromatic heterocycles. The van der Waals surface area contributed by atoms with Gasteiger partial charge in [-0.2, -0.15) is 13.2 Å². The molecule has 144 valence electrons. The molecule has 0 saturated heterocycles. The number of ether oxygens (including phenoxy) is 2. The maximum atomic E-state index is 12.6. The fourth-order valence-corrected chi connectivity index (χ4v) is 2.25. The Hall–Kier alpha value is -3.30. The SMILES string of the molecule is CCOc1cc([N+](=O)[O-])c(C(=O)Nc2ccc(C(F)(F)F)cc2)cc1OC. The van der Waals surface area contributed by atoms with E-state index in [4.69, 9.17) is 9.47 Å². The zero-order chi connectivity index (χ0) is 20.2. The van der Waals surface area contributed by atoms with E-state index < -0.39 is 28.3 Å². The van der Waals surface area contributed by atoms with Crippen molar-refractivity contribution < 1.29 is 32.4 Å². The van der Waals surface area contributed by atoms with Crippen LogP contribution in [0.15, 0.2) is 36.4 Å². The molecule has 2 aromatic carbocycles. The Morgan fingerprint density at radius 2 is 1.81 bits per heavy atom. The molecule has 0 aliphatic heterocycles. The highest BCUT2D eigenvalue weighted by molar-refractivity contribution is 6.07. The van der Waals surface area contributed by atoms with Gasteiger partial charge in [-0.05, 0) is 31.2 Å². The summed E-state index contributed by atoms with van der Waals surface area (Å²) in [7, 11) is 1.31. The van der Waals surface area contributed by atoms with Gasteiger partial charge >= 0.3 is 6.18 Å². The fraction of sp³-hybridized carbons (Fsp3) is 0.235. The molecule has 0 spiro atoms. The quantitative estimate of drug-likeness (QED) is 0.593. The Morgan fingerprint density at radius 1 is 1.19 bits per heavy atom. The lowest BCUT2D eigenvalue weighted by atomic mass is 10.1. The average molecular weight is 384 g/mol. The highest BCUT2D eigenvalue weighted by Crippen LogP contribution is 2.35. The second-order valence-electron chi connectivity index (χ2n) is 5.24. The second kappa shape index (κ2) is 7.94. The van der Waals surface area contributed by atoms with Crippen molar-refractivity contribution in [3.05, 3.63) is 57.6 Å². The van der Waals surface area contributed by atoms with E-state index in [-0.39, 0.29) is 29.4 Å². The van der Waals surface area contributed by atoms with Crippen molar-refractivity contribution in [2.75, 3.05) is 19.0 Å². The Bertz CT molecular complexity index is 851. The number of nitrogens with zero attached hydrogens (tertiary/aromatic N) is 1. The molecule has 0 aliphatic carbocycles. The minimum atomic E-state index is -4.51. The van der Waals surface area contributed by atoms with Crippen LogP contribution in [0.3, 0.4) is 0 Å². The van der Waals surface area contributed by atoms with Gasteiger partial charge in [0.2, 0.25) is 0 Å². The largest absolute Gasteiger partial charge is 0.493 e. The molecule has 0 saturated carbocycles. The smallest absolute Gasteiger partial charge is 0.416 e. The van der Waals surface area contributed by atoms with Gasteiger partial charge < -0.3 is 14.8 Å². The van der Waals surface area contributed by atoms with Crippen molar-refractivity contribution in [2.45, 2.75) is 13.1 Å². The van der Waals surface area contributed by atoms with Crippen LogP contribution in [0.25, 0.3) is 0 Å². The van der Waals surface area contributed by atoms with E-state index >= 15 is 0 Å².